The number of sulfonamides is 1. The molecule has 0 unspecified atom stereocenters. The van der Waals surface area contributed by atoms with E-state index in [1.807, 2.05) is 30.3 Å². The number of halogens is 2. The van der Waals surface area contributed by atoms with Crippen LogP contribution in [0, 0.1) is 0 Å². The first-order chi connectivity index (χ1) is 19.4. The number of carbonyl (C=O) groups is 1. The van der Waals surface area contributed by atoms with Gasteiger partial charge in [-0.3, -0.25) is 10.3 Å². The lowest BCUT2D eigenvalue weighted by Gasteiger charge is -2.20. The minimum absolute atomic E-state index is 0.0238. The minimum Gasteiger partial charge on any atom is -0.444 e. The van der Waals surface area contributed by atoms with E-state index in [4.69, 9.17) is 32.9 Å². The van der Waals surface area contributed by atoms with Crippen molar-refractivity contribution in [2.45, 2.75) is 37.8 Å². The zero-order chi connectivity index (χ0) is 29.6. The lowest BCUT2D eigenvalue weighted by atomic mass is 9.98. The fraction of sp³-hybridized carbons (Fsp3) is 0.167. The molecule has 212 valence electrons. The average molecular weight is 612 g/mol. The van der Waals surface area contributed by atoms with E-state index >= 15 is 0 Å². The highest BCUT2D eigenvalue weighted by atomic mass is 35.5. The summed E-state index contributed by atoms with van der Waals surface area (Å²) in [5.74, 6) is -0.294. The lowest BCUT2D eigenvalue weighted by molar-refractivity contribution is 0.0561. The first-order valence-electron chi connectivity index (χ1n) is 12.5. The van der Waals surface area contributed by atoms with E-state index in [1.54, 1.807) is 69.4 Å². The standard InChI is InChI=1S/C30H28Cl2N4O4S/c1-30(2,3)40-29(37)35-28(36-41(38,39)25-7-5-4-6-8-25)34-19-20-17-26(21-9-13-23(31)14-10-21)27(33-18-20)22-11-15-24(32)16-12-22/h4-18H,19H2,1-3H3,(H2,34,35,36,37). The molecular weight excluding hydrogens is 583 g/mol. The second-order valence-electron chi connectivity index (χ2n) is 9.96. The van der Waals surface area contributed by atoms with E-state index in [2.05, 4.69) is 15.0 Å². The highest BCUT2D eigenvalue weighted by molar-refractivity contribution is 7.90. The van der Waals surface area contributed by atoms with E-state index in [0.29, 0.717) is 15.6 Å². The third-order valence-electron chi connectivity index (χ3n) is 5.55. The number of carbonyl (C=O) groups excluding carboxylic acids is 1. The molecule has 3 aromatic carbocycles. The Morgan fingerprint density at radius 3 is 2.07 bits per heavy atom. The molecule has 1 aromatic heterocycles. The van der Waals surface area contributed by atoms with E-state index in [-0.39, 0.29) is 17.4 Å². The first kappa shape index (κ1) is 30.0. The Bertz CT molecular complexity index is 1650. The number of rotatable bonds is 6. The summed E-state index contributed by atoms with van der Waals surface area (Å²) in [5.41, 5.74) is 3.17. The molecule has 0 aliphatic heterocycles. The Morgan fingerprint density at radius 1 is 0.902 bits per heavy atom. The maximum Gasteiger partial charge on any atom is 0.414 e. The number of guanidine groups is 1. The van der Waals surface area contributed by atoms with Gasteiger partial charge >= 0.3 is 6.09 Å². The van der Waals surface area contributed by atoms with Gasteiger partial charge in [0, 0.05) is 33.9 Å². The molecule has 1 heterocycles. The van der Waals surface area contributed by atoms with Gasteiger partial charge in [0.1, 0.15) is 5.60 Å². The second-order valence-corrected chi connectivity index (χ2v) is 12.4. The number of hydrogen-bond donors (Lipinski definition) is 2. The molecule has 0 bridgehead atoms. The first-order valence-corrected chi connectivity index (χ1v) is 14.7. The highest BCUT2D eigenvalue weighted by Gasteiger charge is 2.20. The lowest BCUT2D eigenvalue weighted by Crippen LogP contribution is -2.43. The van der Waals surface area contributed by atoms with Crippen LogP contribution < -0.4 is 10.6 Å². The predicted molar refractivity (Wildman–Crippen MR) is 162 cm³/mol. The number of benzene rings is 3. The Kier molecular flexibility index (Phi) is 9.32. The number of pyridine rings is 1. The van der Waals surface area contributed by atoms with Crippen molar-refractivity contribution in [3.63, 3.8) is 0 Å². The molecule has 0 atom stereocenters. The van der Waals surface area contributed by atoms with Crippen molar-refractivity contribution in [2.24, 2.45) is 4.40 Å². The van der Waals surface area contributed by atoms with Gasteiger partial charge in [0.15, 0.2) is 0 Å². The number of alkyl carbamates (subject to hydrolysis) is 1. The molecule has 1 amide bonds. The van der Waals surface area contributed by atoms with Crippen LogP contribution in [0.1, 0.15) is 26.3 Å². The van der Waals surface area contributed by atoms with Crippen LogP contribution >= 0.6 is 23.2 Å². The number of aromatic nitrogens is 1. The maximum atomic E-state index is 13.0. The number of hydrogen-bond acceptors (Lipinski definition) is 5. The fourth-order valence-corrected chi connectivity index (χ4v) is 4.95. The van der Waals surface area contributed by atoms with Crippen molar-refractivity contribution >= 4 is 45.3 Å². The number of nitrogens with one attached hydrogen (secondary N) is 2. The van der Waals surface area contributed by atoms with Crippen molar-refractivity contribution in [3.8, 4) is 22.4 Å². The van der Waals surface area contributed by atoms with E-state index in [0.717, 1.165) is 22.4 Å². The van der Waals surface area contributed by atoms with Gasteiger partial charge in [-0.15, -0.1) is 4.40 Å². The fourth-order valence-electron chi connectivity index (χ4n) is 3.74. The molecule has 0 saturated heterocycles. The summed E-state index contributed by atoms with van der Waals surface area (Å²) in [6.45, 7) is 5.19. The molecule has 0 fully saturated rings. The zero-order valence-corrected chi connectivity index (χ0v) is 24.9. The molecule has 4 rings (SSSR count). The maximum absolute atomic E-state index is 13.0. The smallest absolute Gasteiger partial charge is 0.414 e. The van der Waals surface area contributed by atoms with Crippen LogP contribution in [0.4, 0.5) is 4.79 Å². The summed E-state index contributed by atoms with van der Waals surface area (Å²) < 4.78 is 35.1. The molecule has 11 heteroatoms. The summed E-state index contributed by atoms with van der Waals surface area (Å²) in [6, 6.07) is 24.3. The Labute approximate surface area is 249 Å². The molecule has 41 heavy (non-hydrogen) atoms. The molecule has 0 spiro atoms. The van der Waals surface area contributed by atoms with Crippen LogP contribution in [0.25, 0.3) is 22.4 Å². The van der Waals surface area contributed by atoms with Gasteiger partial charge in [0.25, 0.3) is 10.0 Å². The highest BCUT2D eigenvalue weighted by Crippen LogP contribution is 2.32. The molecule has 0 aliphatic rings. The van der Waals surface area contributed by atoms with Crippen molar-refractivity contribution < 1.29 is 17.9 Å². The van der Waals surface area contributed by atoms with E-state index in [1.165, 1.54) is 12.1 Å². The monoisotopic (exact) mass is 610 g/mol. The van der Waals surface area contributed by atoms with Crippen LogP contribution in [-0.4, -0.2) is 31.1 Å². The third kappa shape index (κ3) is 8.53. The Hall–Kier alpha value is -3.92. The quantitative estimate of drug-likeness (QED) is 0.178. The molecule has 0 aliphatic carbocycles. The topological polar surface area (TPSA) is 110 Å². The van der Waals surface area contributed by atoms with Gasteiger partial charge in [-0.25, -0.2) is 4.79 Å². The molecular formula is C30H28Cl2N4O4S. The van der Waals surface area contributed by atoms with Crippen molar-refractivity contribution in [1.82, 2.24) is 15.6 Å². The van der Waals surface area contributed by atoms with E-state index < -0.39 is 21.7 Å². The second kappa shape index (κ2) is 12.7. The predicted octanol–water partition coefficient (Wildman–Crippen LogP) is 7.08. The summed E-state index contributed by atoms with van der Waals surface area (Å²) in [7, 11) is -4.14. The average Bonchev–Trinajstić information content (AvgIpc) is 2.92. The van der Waals surface area contributed by atoms with Crippen LogP contribution in [-0.2, 0) is 21.3 Å². The molecule has 2 N–H and O–H groups in total. The summed E-state index contributed by atoms with van der Waals surface area (Å²) >= 11 is 12.2. The normalized spacial score (nSPS) is 12.1. The molecule has 8 nitrogen and oxygen atoms in total. The van der Waals surface area contributed by atoms with Crippen molar-refractivity contribution in [2.75, 3.05) is 0 Å². The Balaban J connectivity index is 1.67. The number of nitrogens with zero attached hydrogens (tertiary/aromatic N) is 2. The van der Waals surface area contributed by atoms with Crippen LogP contribution in [0.5, 0.6) is 0 Å². The van der Waals surface area contributed by atoms with Crippen molar-refractivity contribution in [3.05, 3.63) is 107 Å². The molecule has 4 aromatic rings. The largest absolute Gasteiger partial charge is 0.444 e. The summed E-state index contributed by atoms with van der Waals surface area (Å²) in [5, 5.41) is 6.54. The Morgan fingerprint density at radius 2 is 1.49 bits per heavy atom. The van der Waals surface area contributed by atoms with Gasteiger partial charge in [-0.1, -0.05) is 65.7 Å². The van der Waals surface area contributed by atoms with Gasteiger partial charge in [-0.2, -0.15) is 8.42 Å². The van der Waals surface area contributed by atoms with Gasteiger partial charge in [0.2, 0.25) is 5.96 Å². The zero-order valence-electron chi connectivity index (χ0n) is 22.6. The van der Waals surface area contributed by atoms with Gasteiger partial charge in [-0.05, 0) is 74.4 Å². The number of amides is 1. The minimum atomic E-state index is -4.14. The SMILES string of the molecule is CC(C)(C)OC(=O)NC(=NS(=O)(=O)c1ccccc1)NCc1cnc(-c2ccc(Cl)cc2)c(-c2ccc(Cl)cc2)c1. The van der Waals surface area contributed by atoms with Gasteiger partial charge in [0.05, 0.1) is 10.6 Å². The summed E-state index contributed by atoms with van der Waals surface area (Å²) in [6.07, 6.45) is 0.803. The van der Waals surface area contributed by atoms with E-state index in [9.17, 15) is 13.2 Å². The molecule has 0 saturated carbocycles. The summed E-state index contributed by atoms with van der Waals surface area (Å²) in [4.78, 5) is 17.2. The van der Waals surface area contributed by atoms with Crippen LogP contribution in [0.2, 0.25) is 10.0 Å². The van der Waals surface area contributed by atoms with Gasteiger partial charge < -0.3 is 10.1 Å². The number of ether oxygens (including phenoxy) is 1. The molecule has 0 radical (unpaired) electrons. The third-order valence-corrected chi connectivity index (χ3v) is 7.34. The van der Waals surface area contributed by atoms with Crippen LogP contribution in [0.15, 0.2) is 100 Å². The van der Waals surface area contributed by atoms with Crippen molar-refractivity contribution in [1.29, 1.82) is 0 Å². The van der Waals surface area contributed by atoms with Crippen LogP contribution in [0.3, 0.4) is 0 Å².